The van der Waals surface area contributed by atoms with E-state index in [0.717, 1.165) is 24.1 Å². The normalized spacial score (nSPS) is 16.2. The van der Waals surface area contributed by atoms with Gasteiger partial charge in [-0.05, 0) is 74.1 Å². The van der Waals surface area contributed by atoms with Gasteiger partial charge in [-0.15, -0.1) is 11.3 Å². The van der Waals surface area contributed by atoms with E-state index in [9.17, 15) is 9.59 Å². The highest BCUT2D eigenvalue weighted by molar-refractivity contribution is 7.15. The molecule has 0 saturated carbocycles. The number of ether oxygens (including phenoxy) is 1. The summed E-state index contributed by atoms with van der Waals surface area (Å²) in [6.45, 7) is 2.60. The molecule has 0 saturated heterocycles. The van der Waals surface area contributed by atoms with Crippen LogP contribution in [-0.4, -0.2) is 28.1 Å². The van der Waals surface area contributed by atoms with Crippen LogP contribution in [0.1, 0.15) is 63.4 Å². The van der Waals surface area contributed by atoms with Crippen LogP contribution in [0.4, 0.5) is 10.5 Å². The third-order valence-electron chi connectivity index (χ3n) is 7.18. The molecule has 37 heavy (non-hydrogen) atoms. The van der Waals surface area contributed by atoms with Crippen LogP contribution in [0.3, 0.4) is 0 Å². The lowest BCUT2D eigenvalue weighted by atomic mass is 9.95. The zero-order chi connectivity index (χ0) is 25.4. The number of fused-ring (bicyclic) bond motifs is 5. The highest BCUT2D eigenvalue weighted by Gasteiger charge is 2.36. The largest absolute Gasteiger partial charge is 0.462 e. The van der Waals surface area contributed by atoms with Gasteiger partial charge in [0, 0.05) is 22.3 Å². The van der Waals surface area contributed by atoms with Crippen molar-refractivity contribution in [2.24, 2.45) is 0 Å². The van der Waals surface area contributed by atoms with Gasteiger partial charge in [0.15, 0.2) is 0 Å². The fourth-order valence-corrected chi connectivity index (χ4v) is 6.91. The Balaban J connectivity index is 1.42. The van der Waals surface area contributed by atoms with E-state index in [2.05, 4.69) is 40.3 Å². The lowest BCUT2D eigenvalue weighted by Gasteiger charge is -2.31. The molecule has 0 bridgehead atoms. The Kier molecular flexibility index (Phi) is 6.30. The summed E-state index contributed by atoms with van der Waals surface area (Å²) >= 11 is 1.88. The zero-order valence-electron chi connectivity index (χ0n) is 20.8. The molecule has 1 aliphatic carbocycles. The number of anilines is 1. The topological polar surface area (TPSA) is 63.6 Å². The molecular weight excluding hydrogens is 482 g/mol. The fourth-order valence-electron chi connectivity index (χ4n) is 5.51. The molecule has 0 unspecified atom stereocenters. The number of rotatable bonds is 4. The van der Waals surface area contributed by atoms with Crippen LogP contribution < -0.4 is 5.32 Å². The number of amides is 2. The van der Waals surface area contributed by atoms with Gasteiger partial charge in [-0.25, -0.2) is 9.59 Å². The smallest absolute Gasteiger partial charge is 0.338 e. The third-order valence-corrected chi connectivity index (χ3v) is 8.51. The number of hydrogen-bond acceptors (Lipinski definition) is 4. The van der Waals surface area contributed by atoms with Crippen molar-refractivity contribution in [3.63, 3.8) is 0 Å². The maximum Gasteiger partial charge on any atom is 0.338 e. The molecule has 0 radical (unpaired) electrons. The first-order valence-electron chi connectivity index (χ1n) is 12.8. The Morgan fingerprint density at radius 3 is 2.68 bits per heavy atom. The molecule has 6 nitrogen and oxygen atoms in total. The summed E-state index contributed by atoms with van der Waals surface area (Å²) in [7, 11) is 0. The van der Waals surface area contributed by atoms with Crippen LogP contribution >= 0.6 is 11.3 Å². The van der Waals surface area contributed by atoms with Crippen LogP contribution in [0.5, 0.6) is 0 Å². The van der Waals surface area contributed by atoms with Crippen molar-refractivity contribution in [1.82, 2.24) is 9.47 Å². The maximum atomic E-state index is 14.0. The monoisotopic (exact) mass is 511 g/mol. The van der Waals surface area contributed by atoms with Crippen LogP contribution in [-0.2, 0) is 24.1 Å². The molecule has 2 aliphatic rings. The Hall–Kier alpha value is -3.84. The second-order valence-corrected chi connectivity index (χ2v) is 10.6. The average Bonchev–Trinajstić information content (AvgIpc) is 3.51. The number of aromatic nitrogens is 1. The van der Waals surface area contributed by atoms with E-state index >= 15 is 0 Å². The third kappa shape index (κ3) is 4.33. The minimum Gasteiger partial charge on any atom is -0.462 e. The van der Waals surface area contributed by atoms with Crippen LogP contribution in [0.25, 0.3) is 5.00 Å². The number of carbonyl (C=O) groups is 2. The van der Waals surface area contributed by atoms with Crippen molar-refractivity contribution in [3.8, 4) is 5.00 Å². The molecule has 0 spiro atoms. The van der Waals surface area contributed by atoms with Gasteiger partial charge in [-0.1, -0.05) is 36.4 Å². The molecule has 6 rings (SSSR count). The van der Waals surface area contributed by atoms with Gasteiger partial charge < -0.3 is 19.5 Å². The van der Waals surface area contributed by atoms with E-state index in [1.165, 1.54) is 33.8 Å². The fraction of sp³-hybridized carbons (Fsp3) is 0.267. The predicted molar refractivity (Wildman–Crippen MR) is 146 cm³/mol. The van der Waals surface area contributed by atoms with Gasteiger partial charge in [0.1, 0.15) is 5.00 Å². The number of nitrogens with zero attached hydrogens (tertiary/aromatic N) is 2. The molecular formula is C30H29N3O3S. The second kappa shape index (κ2) is 9.90. The van der Waals surface area contributed by atoms with Crippen molar-refractivity contribution in [2.75, 3.05) is 11.9 Å². The van der Waals surface area contributed by atoms with Crippen LogP contribution in [0.15, 0.2) is 72.9 Å². The maximum absolute atomic E-state index is 14.0. The Labute approximate surface area is 220 Å². The summed E-state index contributed by atoms with van der Waals surface area (Å²) in [5.74, 6) is -0.400. The Morgan fingerprint density at radius 2 is 1.84 bits per heavy atom. The zero-order valence-corrected chi connectivity index (χ0v) is 21.6. The number of benzene rings is 2. The summed E-state index contributed by atoms with van der Waals surface area (Å²) in [6.07, 6.45) is 6.70. The van der Waals surface area contributed by atoms with Crippen molar-refractivity contribution in [3.05, 3.63) is 106 Å². The summed E-state index contributed by atoms with van der Waals surface area (Å²) in [5, 5.41) is 4.31. The van der Waals surface area contributed by atoms with Crippen molar-refractivity contribution in [1.29, 1.82) is 0 Å². The summed E-state index contributed by atoms with van der Waals surface area (Å²) in [6, 6.07) is 20.9. The molecule has 0 fully saturated rings. The summed E-state index contributed by atoms with van der Waals surface area (Å²) < 4.78 is 7.43. The average molecular weight is 512 g/mol. The number of thiophene rings is 1. The lowest BCUT2D eigenvalue weighted by molar-refractivity contribution is 0.0526. The number of carbonyl (C=O) groups excluding carboxylic acids is 2. The quantitative estimate of drug-likeness (QED) is 0.309. The van der Waals surface area contributed by atoms with Gasteiger partial charge in [0.25, 0.3) is 0 Å². The van der Waals surface area contributed by atoms with Crippen molar-refractivity contribution >= 4 is 29.0 Å². The minimum absolute atomic E-state index is 0.203. The molecule has 2 aromatic heterocycles. The summed E-state index contributed by atoms with van der Waals surface area (Å²) in [4.78, 5) is 29.7. The lowest BCUT2D eigenvalue weighted by Crippen LogP contribution is -2.38. The van der Waals surface area contributed by atoms with Gasteiger partial charge in [0.05, 0.1) is 30.5 Å². The molecule has 4 aromatic rings. The van der Waals surface area contributed by atoms with E-state index < -0.39 is 5.97 Å². The molecule has 1 aliphatic heterocycles. The first kappa shape index (κ1) is 23.6. The van der Waals surface area contributed by atoms with E-state index in [-0.39, 0.29) is 12.1 Å². The number of esters is 1. The van der Waals surface area contributed by atoms with Crippen molar-refractivity contribution < 1.29 is 14.3 Å². The predicted octanol–water partition coefficient (Wildman–Crippen LogP) is 6.73. The molecule has 3 heterocycles. The minimum atomic E-state index is -0.400. The molecule has 7 heteroatoms. The molecule has 2 aromatic carbocycles. The van der Waals surface area contributed by atoms with Gasteiger partial charge >= 0.3 is 12.0 Å². The standard InChI is InChI=1S/C30H29N3O3S/c1-2-36-29(34)21-12-8-13-22(18-21)31-30(35)33-19-24-23-14-6-7-16-26(23)37-28(24)32-17-9-15-25(32)27(33)20-10-4-3-5-11-20/h3-5,8-13,15,17-18,27H,2,6-7,14,16,19H2,1H3,(H,31,35)/t27-/m1/s1. The van der Waals surface area contributed by atoms with Crippen LogP contribution in [0, 0.1) is 0 Å². The second-order valence-electron chi connectivity index (χ2n) is 9.47. The highest BCUT2D eigenvalue weighted by Crippen LogP contribution is 2.44. The van der Waals surface area contributed by atoms with E-state index in [0.29, 0.717) is 24.4 Å². The van der Waals surface area contributed by atoms with Gasteiger partial charge in [-0.3, -0.25) is 0 Å². The molecule has 188 valence electrons. The van der Waals surface area contributed by atoms with Crippen molar-refractivity contribution in [2.45, 2.75) is 45.2 Å². The van der Waals surface area contributed by atoms with E-state index in [1.807, 2.05) is 34.4 Å². The molecule has 1 atom stereocenters. The van der Waals surface area contributed by atoms with Gasteiger partial charge in [0.2, 0.25) is 0 Å². The number of nitrogens with one attached hydrogen (secondary N) is 1. The van der Waals surface area contributed by atoms with Gasteiger partial charge in [-0.2, -0.15) is 0 Å². The number of urea groups is 1. The first-order valence-corrected chi connectivity index (χ1v) is 13.7. The Morgan fingerprint density at radius 1 is 1.00 bits per heavy atom. The Bertz CT molecular complexity index is 1460. The molecule has 1 N–H and O–H groups in total. The highest BCUT2D eigenvalue weighted by atomic mass is 32.1. The van der Waals surface area contributed by atoms with E-state index in [4.69, 9.17) is 4.74 Å². The number of hydrogen-bond donors (Lipinski definition) is 1. The molecule has 2 amide bonds. The SMILES string of the molecule is CCOC(=O)c1cccc(NC(=O)N2Cc3c(sc4c3CCCC4)-n3cccc3[C@H]2c2ccccc2)c1. The summed E-state index contributed by atoms with van der Waals surface area (Å²) in [5.41, 5.74) is 5.78. The number of aryl methyl sites for hydroxylation is 1. The van der Waals surface area contributed by atoms with E-state index in [1.54, 1.807) is 31.2 Å². The first-order chi connectivity index (χ1) is 18.1. The van der Waals surface area contributed by atoms with Crippen LogP contribution in [0.2, 0.25) is 0 Å².